The molecule has 1 amide bonds. The Morgan fingerprint density at radius 2 is 1.83 bits per heavy atom. The fraction of sp³-hybridized carbons (Fsp3) is 0.531. The van der Waals surface area contributed by atoms with E-state index in [1.54, 1.807) is 65.0 Å². The number of ether oxygens (including phenoxy) is 2. The molecule has 0 radical (unpaired) electrons. The van der Waals surface area contributed by atoms with E-state index in [0.29, 0.717) is 17.9 Å². The first-order valence-corrected chi connectivity index (χ1v) is 14.3. The minimum atomic E-state index is -1.66. The van der Waals surface area contributed by atoms with Crippen LogP contribution in [-0.2, 0) is 9.53 Å². The van der Waals surface area contributed by atoms with Gasteiger partial charge in [-0.2, -0.15) is 4.79 Å². The van der Waals surface area contributed by atoms with Gasteiger partial charge in [-0.05, 0) is 76.3 Å². The van der Waals surface area contributed by atoms with Crippen molar-refractivity contribution in [1.29, 1.82) is 0 Å². The number of ketones is 1. The lowest BCUT2D eigenvalue weighted by molar-refractivity contribution is -0.916. The van der Waals surface area contributed by atoms with Crippen molar-refractivity contribution in [2.75, 3.05) is 19.7 Å². The molecule has 5 atom stereocenters. The van der Waals surface area contributed by atoms with Crippen molar-refractivity contribution in [1.82, 2.24) is 0 Å². The number of hydrogen-bond acceptors (Lipinski definition) is 5. The van der Waals surface area contributed by atoms with Gasteiger partial charge in [0.25, 0.3) is 0 Å². The summed E-state index contributed by atoms with van der Waals surface area (Å²) in [5.74, 6) is -3.71. The lowest BCUT2D eigenvalue weighted by Crippen LogP contribution is -2.74. The first kappa shape index (κ1) is 30.7. The van der Waals surface area contributed by atoms with Gasteiger partial charge in [0.15, 0.2) is 12.1 Å². The Hall–Kier alpha value is -3.30. The molecule has 2 aromatic rings. The van der Waals surface area contributed by atoms with Crippen LogP contribution in [0, 0.1) is 24.1 Å². The molecule has 0 aromatic heterocycles. The number of likely N-dealkylation sites (tertiary alicyclic amines) is 1. The molecule has 0 spiro atoms. The molecule has 2 N–H and O–H groups in total. The molecular weight excluding hydrogens is 529 g/mol. The standard InChI is InChI=1S/C32H40FNO7/c1-6-32(29(36)37)19-34(30(38)39,31(3,4)5)18-24(27(32)23-13-10-14-25(33)20(23)2)28(35)21-11-9-12-22(17-21)41-26-15-7-8-16-40-26/h9-14,17,24,26-27H,6-8,15-16,18-19H2,1-5H3,(H-,36,37,38,39)/p+1/t24-,26?,27+,32-,34-/m0/s1. The van der Waals surface area contributed by atoms with Crippen molar-refractivity contribution in [2.24, 2.45) is 11.3 Å². The quantitative estimate of drug-likeness (QED) is 0.292. The van der Waals surface area contributed by atoms with Crippen LogP contribution in [0.5, 0.6) is 5.75 Å². The normalized spacial score (nSPS) is 28.6. The minimum Gasteiger partial charge on any atom is -0.481 e. The number of piperidine rings is 1. The van der Waals surface area contributed by atoms with Gasteiger partial charge >= 0.3 is 12.1 Å². The number of quaternary nitrogens is 1. The maximum atomic E-state index is 14.9. The van der Waals surface area contributed by atoms with E-state index < -0.39 is 57.2 Å². The third-order valence-corrected chi connectivity index (χ3v) is 9.27. The minimum absolute atomic E-state index is 0.0538. The average molecular weight is 571 g/mol. The summed E-state index contributed by atoms with van der Waals surface area (Å²) in [6.45, 7) is 8.71. The van der Waals surface area contributed by atoms with Crippen LogP contribution < -0.4 is 4.74 Å². The van der Waals surface area contributed by atoms with Gasteiger partial charge in [-0.3, -0.25) is 9.59 Å². The number of benzene rings is 2. The highest BCUT2D eigenvalue weighted by atomic mass is 19.1. The fourth-order valence-electron chi connectivity index (χ4n) is 6.70. The van der Waals surface area contributed by atoms with E-state index in [1.165, 1.54) is 12.1 Å². The van der Waals surface area contributed by atoms with Gasteiger partial charge in [-0.1, -0.05) is 31.2 Å². The number of aliphatic carboxylic acids is 1. The maximum Gasteiger partial charge on any atom is 0.514 e. The molecule has 2 aromatic carbocycles. The second-order valence-corrected chi connectivity index (χ2v) is 12.4. The molecule has 2 heterocycles. The van der Waals surface area contributed by atoms with Crippen molar-refractivity contribution >= 4 is 17.8 Å². The number of carbonyl (C=O) groups excluding carboxylic acids is 1. The molecule has 41 heavy (non-hydrogen) atoms. The highest BCUT2D eigenvalue weighted by molar-refractivity contribution is 6.00. The number of carboxylic acid groups (broad SMARTS) is 2. The summed E-state index contributed by atoms with van der Waals surface area (Å²) >= 11 is 0. The average Bonchev–Trinajstić information content (AvgIpc) is 2.93. The number of nitrogens with zero attached hydrogens (tertiary/aromatic N) is 1. The van der Waals surface area contributed by atoms with Crippen LogP contribution >= 0.6 is 0 Å². The highest BCUT2D eigenvalue weighted by Gasteiger charge is 2.66. The number of amides is 1. The molecule has 222 valence electrons. The second kappa shape index (κ2) is 11.5. The van der Waals surface area contributed by atoms with Crippen LogP contribution in [0.15, 0.2) is 42.5 Å². The van der Waals surface area contributed by atoms with Crippen molar-refractivity contribution < 1.29 is 42.9 Å². The van der Waals surface area contributed by atoms with Crippen LogP contribution in [-0.4, -0.2) is 64.1 Å². The van der Waals surface area contributed by atoms with Gasteiger partial charge in [0.2, 0.25) is 0 Å². The summed E-state index contributed by atoms with van der Waals surface area (Å²) in [6, 6.07) is 11.1. The molecule has 8 nitrogen and oxygen atoms in total. The molecule has 2 saturated heterocycles. The van der Waals surface area contributed by atoms with Gasteiger partial charge in [-0.15, -0.1) is 0 Å². The van der Waals surface area contributed by atoms with Gasteiger partial charge in [0.05, 0.1) is 19.1 Å². The lowest BCUT2D eigenvalue weighted by Gasteiger charge is -2.56. The van der Waals surface area contributed by atoms with Crippen LogP contribution in [0.25, 0.3) is 0 Å². The first-order valence-electron chi connectivity index (χ1n) is 14.3. The van der Waals surface area contributed by atoms with E-state index in [0.717, 1.165) is 19.3 Å². The SMILES string of the molecule is CC[C@]1(C(=O)O)C[N@@+](C(=O)O)(C(C)(C)C)C[C@H](C(=O)c2cccc(OC3CCCCO3)c2)[C@H]1c1cccc(F)c1C. The number of hydrogen-bond donors (Lipinski definition) is 2. The van der Waals surface area contributed by atoms with Crippen molar-refractivity contribution in [3.05, 3.63) is 65.0 Å². The van der Waals surface area contributed by atoms with Crippen LogP contribution in [0.4, 0.5) is 9.18 Å². The Kier molecular flexibility index (Phi) is 8.62. The first-order chi connectivity index (χ1) is 19.3. The molecule has 9 heteroatoms. The van der Waals surface area contributed by atoms with E-state index in [4.69, 9.17) is 9.47 Å². The number of rotatable bonds is 7. The molecule has 4 rings (SSSR count). The van der Waals surface area contributed by atoms with Crippen LogP contribution in [0.2, 0.25) is 0 Å². The summed E-state index contributed by atoms with van der Waals surface area (Å²) in [4.78, 5) is 40.8. The molecule has 2 aliphatic heterocycles. The van der Waals surface area contributed by atoms with Crippen molar-refractivity contribution in [2.45, 2.75) is 78.0 Å². The van der Waals surface area contributed by atoms with Gasteiger partial charge < -0.3 is 19.7 Å². The summed E-state index contributed by atoms with van der Waals surface area (Å²) in [6.07, 6.45) is 1.08. The van der Waals surface area contributed by atoms with E-state index in [9.17, 15) is 29.0 Å². The zero-order chi connectivity index (χ0) is 30.2. The maximum absolute atomic E-state index is 14.9. The topological polar surface area (TPSA) is 110 Å². The van der Waals surface area contributed by atoms with E-state index in [1.807, 2.05) is 0 Å². The monoisotopic (exact) mass is 570 g/mol. The molecular formula is C32H41FNO7+. The fourth-order valence-corrected chi connectivity index (χ4v) is 6.70. The van der Waals surface area contributed by atoms with Crippen molar-refractivity contribution in [3.8, 4) is 5.75 Å². The summed E-state index contributed by atoms with van der Waals surface area (Å²) in [7, 11) is 0. The summed E-state index contributed by atoms with van der Waals surface area (Å²) < 4.78 is 26.0. The van der Waals surface area contributed by atoms with E-state index in [2.05, 4.69) is 0 Å². The van der Waals surface area contributed by atoms with Crippen LogP contribution in [0.3, 0.4) is 0 Å². The van der Waals surface area contributed by atoms with Crippen molar-refractivity contribution in [3.63, 3.8) is 0 Å². The highest BCUT2D eigenvalue weighted by Crippen LogP contribution is 2.54. The van der Waals surface area contributed by atoms with Gasteiger partial charge in [0.1, 0.15) is 29.1 Å². The summed E-state index contributed by atoms with van der Waals surface area (Å²) in [5, 5.41) is 21.5. The number of carbonyl (C=O) groups is 3. The summed E-state index contributed by atoms with van der Waals surface area (Å²) in [5.41, 5.74) is -1.66. The van der Waals surface area contributed by atoms with E-state index >= 15 is 0 Å². The van der Waals surface area contributed by atoms with Gasteiger partial charge in [-0.25, -0.2) is 8.87 Å². The zero-order valence-electron chi connectivity index (χ0n) is 24.5. The largest absolute Gasteiger partial charge is 0.514 e. The zero-order valence-corrected chi connectivity index (χ0v) is 24.5. The molecule has 2 fully saturated rings. The molecule has 0 aliphatic carbocycles. The molecule has 2 aliphatic rings. The molecule has 0 saturated carbocycles. The lowest BCUT2D eigenvalue weighted by atomic mass is 9.58. The Morgan fingerprint density at radius 1 is 1.12 bits per heavy atom. The smallest absolute Gasteiger partial charge is 0.481 e. The third kappa shape index (κ3) is 5.49. The predicted molar refractivity (Wildman–Crippen MR) is 150 cm³/mol. The third-order valence-electron chi connectivity index (χ3n) is 9.27. The number of Topliss-reactive ketones (excluding diaryl/α,β-unsaturated/α-hetero) is 1. The second-order valence-electron chi connectivity index (χ2n) is 12.4. The van der Waals surface area contributed by atoms with Crippen LogP contribution in [0.1, 0.15) is 80.8 Å². The Bertz CT molecular complexity index is 1320. The Balaban J connectivity index is 1.90. The Morgan fingerprint density at radius 3 is 2.41 bits per heavy atom. The predicted octanol–water partition coefficient (Wildman–Crippen LogP) is 6.41. The number of halogens is 1. The number of carboxylic acids is 1. The van der Waals surface area contributed by atoms with Gasteiger partial charge in [0, 0.05) is 17.9 Å². The molecule has 0 bridgehead atoms. The van der Waals surface area contributed by atoms with E-state index in [-0.39, 0.29) is 30.6 Å². The Labute approximate surface area is 240 Å². The molecule has 1 unspecified atom stereocenters.